The molecule has 1 heterocycles. The van der Waals surface area contributed by atoms with E-state index in [9.17, 15) is 9.59 Å². The van der Waals surface area contributed by atoms with Crippen LogP contribution in [0.4, 0.5) is 5.69 Å². The number of nitrogens with one attached hydrogen (secondary N) is 1. The fraction of sp³-hybridized carbons (Fsp3) is 0.182. The number of ketones is 1. The molecule has 1 amide bonds. The number of anilines is 1. The largest absolute Gasteiger partial charge is 0.325 e. The van der Waals surface area contributed by atoms with Gasteiger partial charge in [-0.2, -0.15) is 0 Å². The minimum atomic E-state index is -0.160. The van der Waals surface area contributed by atoms with Crippen molar-refractivity contribution in [3.05, 3.63) is 71.8 Å². The van der Waals surface area contributed by atoms with Crippen molar-refractivity contribution in [1.82, 2.24) is 10.2 Å². The van der Waals surface area contributed by atoms with E-state index < -0.39 is 0 Å². The van der Waals surface area contributed by atoms with E-state index in [-0.39, 0.29) is 17.4 Å². The van der Waals surface area contributed by atoms with Crippen LogP contribution in [-0.2, 0) is 11.2 Å². The summed E-state index contributed by atoms with van der Waals surface area (Å²) >= 11 is 1.32. The Kier molecular flexibility index (Phi) is 6.55. The van der Waals surface area contributed by atoms with Crippen LogP contribution < -0.4 is 5.32 Å². The van der Waals surface area contributed by atoms with Gasteiger partial charge in [0.1, 0.15) is 5.03 Å². The lowest BCUT2D eigenvalue weighted by atomic mass is 10.1. The van der Waals surface area contributed by atoms with Crippen LogP contribution >= 0.6 is 11.8 Å². The minimum Gasteiger partial charge on any atom is -0.325 e. The van der Waals surface area contributed by atoms with Gasteiger partial charge in [-0.25, -0.2) is 0 Å². The van der Waals surface area contributed by atoms with Gasteiger partial charge in [-0.05, 0) is 43.2 Å². The highest BCUT2D eigenvalue weighted by atomic mass is 32.2. The SMILES string of the molecule is CCc1ccc(-c2ccc(SCC(=O)Nc3cccc(C(C)=O)c3)nn2)cc1. The molecular formula is C22H21N3O2S. The summed E-state index contributed by atoms with van der Waals surface area (Å²) in [6, 6.07) is 18.9. The number of rotatable bonds is 7. The first kappa shape index (κ1) is 19.8. The van der Waals surface area contributed by atoms with E-state index >= 15 is 0 Å². The first-order valence-corrected chi connectivity index (χ1v) is 10.0. The molecule has 6 heteroatoms. The number of carbonyl (C=O) groups is 2. The number of thioether (sulfide) groups is 1. The Labute approximate surface area is 168 Å². The predicted octanol–water partition coefficient (Wildman–Crippen LogP) is 4.64. The molecule has 1 aromatic heterocycles. The minimum absolute atomic E-state index is 0.0369. The fourth-order valence-electron chi connectivity index (χ4n) is 2.61. The molecule has 0 unspecified atom stereocenters. The summed E-state index contributed by atoms with van der Waals surface area (Å²) in [7, 11) is 0. The van der Waals surface area contributed by atoms with Crippen LogP contribution in [-0.4, -0.2) is 27.6 Å². The average Bonchev–Trinajstić information content (AvgIpc) is 2.73. The summed E-state index contributed by atoms with van der Waals surface area (Å²) in [5, 5.41) is 11.9. The Morgan fingerprint density at radius 3 is 2.43 bits per heavy atom. The molecule has 0 aliphatic rings. The molecule has 0 saturated carbocycles. The molecule has 28 heavy (non-hydrogen) atoms. The van der Waals surface area contributed by atoms with Crippen LogP contribution in [0.1, 0.15) is 29.8 Å². The number of amides is 1. The number of carbonyl (C=O) groups excluding carboxylic acids is 2. The first-order valence-electron chi connectivity index (χ1n) is 9.02. The van der Waals surface area contributed by atoms with Crippen LogP contribution in [0.15, 0.2) is 65.7 Å². The highest BCUT2D eigenvalue weighted by Gasteiger charge is 2.08. The quantitative estimate of drug-likeness (QED) is 0.469. The maximum absolute atomic E-state index is 12.2. The van der Waals surface area contributed by atoms with Gasteiger partial charge in [-0.3, -0.25) is 9.59 Å². The van der Waals surface area contributed by atoms with Crippen LogP contribution in [0.5, 0.6) is 0 Å². The zero-order valence-corrected chi connectivity index (χ0v) is 16.6. The van der Waals surface area contributed by atoms with Crippen molar-refractivity contribution in [2.45, 2.75) is 25.3 Å². The maximum Gasteiger partial charge on any atom is 0.234 e. The van der Waals surface area contributed by atoms with Gasteiger partial charge in [0, 0.05) is 16.8 Å². The summed E-state index contributed by atoms with van der Waals surface area (Å²) in [4.78, 5) is 23.6. The molecule has 0 fully saturated rings. The van der Waals surface area contributed by atoms with Gasteiger partial charge in [0.25, 0.3) is 0 Å². The normalized spacial score (nSPS) is 10.5. The van der Waals surface area contributed by atoms with E-state index in [4.69, 9.17) is 0 Å². The van der Waals surface area contributed by atoms with Crippen molar-refractivity contribution >= 4 is 29.1 Å². The Morgan fingerprint density at radius 2 is 1.79 bits per heavy atom. The van der Waals surface area contributed by atoms with Crippen LogP contribution in [0.2, 0.25) is 0 Å². The van der Waals surface area contributed by atoms with Crippen molar-refractivity contribution in [3.8, 4) is 11.3 Å². The van der Waals surface area contributed by atoms with Gasteiger partial charge in [0.05, 0.1) is 11.4 Å². The Balaban J connectivity index is 1.56. The zero-order valence-electron chi connectivity index (χ0n) is 15.8. The van der Waals surface area contributed by atoms with Crippen molar-refractivity contribution in [1.29, 1.82) is 0 Å². The number of benzene rings is 2. The lowest BCUT2D eigenvalue weighted by molar-refractivity contribution is -0.113. The number of hydrogen-bond acceptors (Lipinski definition) is 5. The molecule has 3 aromatic rings. The van der Waals surface area contributed by atoms with Gasteiger partial charge < -0.3 is 5.32 Å². The number of aryl methyl sites for hydroxylation is 1. The molecule has 2 aromatic carbocycles. The second-order valence-electron chi connectivity index (χ2n) is 6.28. The third-order valence-corrected chi connectivity index (χ3v) is 5.12. The monoisotopic (exact) mass is 391 g/mol. The van der Waals surface area contributed by atoms with E-state index in [1.165, 1.54) is 24.2 Å². The maximum atomic E-state index is 12.2. The summed E-state index contributed by atoms with van der Waals surface area (Å²) in [6.45, 7) is 3.62. The highest BCUT2D eigenvalue weighted by Crippen LogP contribution is 2.21. The smallest absolute Gasteiger partial charge is 0.234 e. The number of nitrogens with zero attached hydrogens (tertiary/aromatic N) is 2. The molecule has 142 valence electrons. The van der Waals surface area contributed by atoms with Gasteiger partial charge >= 0.3 is 0 Å². The molecular weight excluding hydrogens is 370 g/mol. The zero-order chi connectivity index (χ0) is 19.9. The fourth-order valence-corrected chi connectivity index (χ4v) is 3.23. The van der Waals surface area contributed by atoms with Crippen LogP contribution in [0.25, 0.3) is 11.3 Å². The van der Waals surface area contributed by atoms with Crippen molar-refractivity contribution in [3.63, 3.8) is 0 Å². The molecule has 0 aliphatic carbocycles. The van der Waals surface area contributed by atoms with E-state index in [2.05, 4.69) is 34.6 Å². The molecule has 0 bridgehead atoms. The Bertz CT molecular complexity index is 970. The topological polar surface area (TPSA) is 72.0 Å². The lowest BCUT2D eigenvalue weighted by Crippen LogP contribution is -2.14. The number of Topliss-reactive ketones (excluding diaryl/α,β-unsaturated/α-hetero) is 1. The summed E-state index contributed by atoms with van der Waals surface area (Å²) in [6.07, 6.45) is 1.00. The van der Waals surface area contributed by atoms with Gasteiger partial charge in [-0.15, -0.1) is 10.2 Å². The second-order valence-corrected chi connectivity index (χ2v) is 7.28. The summed E-state index contributed by atoms with van der Waals surface area (Å²) in [5.74, 6) is 0.0145. The number of aromatic nitrogens is 2. The van der Waals surface area contributed by atoms with Crippen molar-refractivity contribution in [2.75, 3.05) is 11.1 Å². The van der Waals surface area contributed by atoms with Gasteiger partial charge in [-0.1, -0.05) is 55.1 Å². The van der Waals surface area contributed by atoms with Gasteiger partial charge in [0.2, 0.25) is 5.91 Å². The summed E-state index contributed by atoms with van der Waals surface area (Å²) < 4.78 is 0. The predicted molar refractivity (Wildman–Crippen MR) is 113 cm³/mol. The first-order chi connectivity index (χ1) is 13.5. The lowest BCUT2D eigenvalue weighted by Gasteiger charge is -2.06. The molecule has 0 atom stereocenters. The molecule has 1 N–H and O–H groups in total. The van der Waals surface area contributed by atoms with E-state index in [1.54, 1.807) is 24.3 Å². The summed E-state index contributed by atoms with van der Waals surface area (Å²) in [5.41, 5.74) is 4.28. The Morgan fingerprint density at radius 1 is 1.00 bits per heavy atom. The molecule has 5 nitrogen and oxygen atoms in total. The standard InChI is InChI=1S/C22H21N3O2S/c1-3-16-7-9-17(10-8-16)20-11-12-22(25-24-20)28-14-21(27)23-19-6-4-5-18(13-19)15(2)26/h4-13H,3,14H2,1-2H3,(H,23,27). The molecule has 0 aliphatic heterocycles. The third-order valence-electron chi connectivity index (χ3n) is 4.20. The van der Waals surface area contributed by atoms with E-state index in [0.717, 1.165) is 17.7 Å². The number of hydrogen-bond donors (Lipinski definition) is 1. The van der Waals surface area contributed by atoms with Crippen LogP contribution in [0, 0.1) is 0 Å². The Hall–Kier alpha value is -2.99. The van der Waals surface area contributed by atoms with E-state index in [1.807, 2.05) is 24.3 Å². The third kappa shape index (κ3) is 5.27. The second kappa shape index (κ2) is 9.28. The highest BCUT2D eigenvalue weighted by molar-refractivity contribution is 7.99. The van der Waals surface area contributed by atoms with E-state index in [0.29, 0.717) is 16.3 Å². The van der Waals surface area contributed by atoms with Crippen molar-refractivity contribution in [2.24, 2.45) is 0 Å². The molecule has 0 saturated heterocycles. The van der Waals surface area contributed by atoms with Crippen molar-refractivity contribution < 1.29 is 9.59 Å². The van der Waals surface area contributed by atoms with Crippen LogP contribution in [0.3, 0.4) is 0 Å². The molecule has 3 rings (SSSR count). The molecule has 0 radical (unpaired) electrons. The van der Waals surface area contributed by atoms with Gasteiger partial charge in [0.15, 0.2) is 5.78 Å². The molecule has 0 spiro atoms. The average molecular weight is 391 g/mol.